The van der Waals surface area contributed by atoms with Gasteiger partial charge in [-0.25, -0.2) is 8.42 Å². The summed E-state index contributed by atoms with van der Waals surface area (Å²) in [5.41, 5.74) is 0. The van der Waals surface area contributed by atoms with Gasteiger partial charge in [0.05, 0.1) is 19.5 Å². The summed E-state index contributed by atoms with van der Waals surface area (Å²) in [6.07, 6.45) is 2.58. The molecule has 1 atom stereocenters. The highest BCUT2D eigenvalue weighted by molar-refractivity contribution is 14.0. The third kappa shape index (κ3) is 12.7. The number of rotatable bonds is 11. The lowest BCUT2D eigenvalue weighted by atomic mass is 10.3. The maximum atomic E-state index is 11.2. The lowest BCUT2D eigenvalue weighted by molar-refractivity contribution is 0.312. The number of benzene rings is 1. The Hall–Kier alpha value is -1.23. The average molecular weight is 513 g/mol. The summed E-state index contributed by atoms with van der Waals surface area (Å²) >= 11 is 0. The number of ether oxygens (including phenoxy) is 2. The van der Waals surface area contributed by atoms with Gasteiger partial charge < -0.3 is 20.1 Å². The molecule has 1 unspecified atom stereocenters. The van der Waals surface area contributed by atoms with E-state index in [0.717, 1.165) is 24.5 Å². The quantitative estimate of drug-likeness (QED) is 0.205. The van der Waals surface area contributed by atoms with E-state index in [0.29, 0.717) is 25.5 Å². The Morgan fingerprint density at radius 1 is 1.22 bits per heavy atom. The van der Waals surface area contributed by atoms with Crippen LogP contribution in [-0.4, -0.2) is 59.2 Å². The van der Waals surface area contributed by atoms with Crippen molar-refractivity contribution in [3.8, 4) is 11.5 Å². The molecule has 1 aromatic rings. The van der Waals surface area contributed by atoms with Gasteiger partial charge in [0.1, 0.15) is 21.3 Å². The van der Waals surface area contributed by atoms with E-state index in [1.165, 1.54) is 6.26 Å². The normalized spacial score (nSPS) is 12.7. The molecule has 9 heteroatoms. The van der Waals surface area contributed by atoms with E-state index in [-0.39, 0.29) is 35.8 Å². The van der Waals surface area contributed by atoms with Crippen LogP contribution in [0, 0.1) is 0 Å². The first kappa shape index (κ1) is 25.8. The van der Waals surface area contributed by atoms with Crippen molar-refractivity contribution in [1.82, 2.24) is 10.6 Å². The van der Waals surface area contributed by atoms with Crippen LogP contribution in [0.4, 0.5) is 0 Å². The molecule has 0 fully saturated rings. The van der Waals surface area contributed by atoms with E-state index in [1.807, 2.05) is 38.1 Å². The first-order valence-corrected chi connectivity index (χ1v) is 10.9. The third-order valence-corrected chi connectivity index (χ3v) is 4.53. The topological polar surface area (TPSA) is 89.0 Å². The number of methoxy groups -OCH3 is 1. The third-order valence-electron chi connectivity index (χ3n) is 3.55. The van der Waals surface area contributed by atoms with E-state index in [2.05, 4.69) is 15.6 Å². The number of nitrogens with one attached hydrogen (secondary N) is 2. The van der Waals surface area contributed by atoms with Crippen LogP contribution in [0.3, 0.4) is 0 Å². The predicted molar refractivity (Wildman–Crippen MR) is 121 cm³/mol. The van der Waals surface area contributed by atoms with E-state index < -0.39 is 9.84 Å². The number of hydrogen-bond acceptors (Lipinski definition) is 5. The van der Waals surface area contributed by atoms with E-state index in [4.69, 9.17) is 9.47 Å². The van der Waals surface area contributed by atoms with E-state index in [9.17, 15) is 8.42 Å². The highest BCUT2D eigenvalue weighted by atomic mass is 127. The van der Waals surface area contributed by atoms with Gasteiger partial charge in [-0.15, -0.1) is 24.0 Å². The Morgan fingerprint density at radius 2 is 1.85 bits per heavy atom. The molecule has 156 valence electrons. The Kier molecular flexibility index (Phi) is 13.2. The fourth-order valence-electron chi connectivity index (χ4n) is 2.13. The van der Waals surface area contributed by atoms with Gasteiger partial charge in [-0.05, 0) is 44.5 Å². The zero-order valence-electron chi connectivity index (χ0n) is 16.5. The summed E-state index contributed by atoms with van der Waals surface area (Å²) in [5.74, 6) is 2.46. The minimum Gasteiger partial charge on any atom is -0.497 e. The largest absolute Gasteiger partial charge is 0.497 e. The zero-order chi connectivity index (χ0) is 19.4. The van der Waals surface area contributed by atoms with Crippen LogP contribution in [0.5, 0.6) is 11.5 Å². The highest BCUT2D eigenvalue weighted by Crippen LogP contribution is 2.16. The number of halogens is 1. The first-order chi connectivity index (χ1) is 12.3. The van der Waals surface area contributed by atoms with Crippen molar-refractivity contribution in [3.05, 3.63) is 24.3 Å². The SMILES string of the molecule is CCNC(=NCCCOc1ccc(OC)cc1)NC(C)CCS(C)(=O)=O.I. The van der Waals surface area contributed by atoms with Crippen molar-refractivity contribution >= 4 is 39.8 Å². The second kappa shape index (κ2) is 13.9. The van der Waals surface area contributed by atoms with Crippen molar-refractivity contribution in [2.45, 2.75) is 32.7 Å². The predicted octanol–water partition coefficient (Wildman–Crippen LogP) is 2.46. The molecule has 0 saturated heterocycles. The number of sulfone groups is 1. The number of nitrogens with zero attached hydrogens (tertiary/aromatic N) is 1. The maximum Gasteiger partial charge on any atom is 0.191 e. The molecule has 1 aromatic carbocycles. The van der Waals surface area contributed by atoms with E-state index in [1.54, 1.807) is 7.11 Å². The molecule has 0 aliphatic rings. The number of hydrogen-bond donors (Lipinski definition) is 2. The van der Waals surface area contributed by atoms with Gasteiger partial charge in [-0.1, -0.05) is 0 Å². The van der Waals surface area contributed by atoms with Crippen molar-refractivity contribution in [1.29, 1.82) is 0 Å². The van der Waals surface area contributed by atoms with Crippen molar-refractivity contribution in [2.24, 2.45) is 4.99 Å². The van der Waals surface area contributed by atoms with Gasteiger partial charge in [-0.3, -0.25) is 4.99 Å². The summed E-state index contributed by atoms with van der Waals surface area (Å²) in [5, 5.41) is 6.40. The monoisotopic (exact) mass is 513 g/mol. The molecule has 0 aliphatic carbocycles. The van der Waals surface area contributed by atoms with Crippen LogP contribution < -0.4 is 20.1 Å². The second-order valence-electron chi connectivity index (χ2n) is 6.10. The minimum absolute atomic E-state index is 0. The van der Waals surface area contributed by atoms with Gasteiger partial charge in [-0.2, -0.15) is 0 Å². The van der Waals surface area contributed by atoms with Crippen LogP contribution in [0.2, 0.25) is 0 Å². The molecule has 0 heterocycles. The highest BCUT2D eigenvalue weighted by Gasteiger charge is 2.09. The smallest absolute Gasteiger partial charge is 0.191 e. The van der Waals surface area contributed by atoms with Crippen LogP contribution in [0.15, 0.2) is 29.3 Å². The molecular formula is C18H32IN3O4S. The maximum absolute atomic E-state index is 11.2. The number of guanidine groups is 1. The van der Waals surface area contributed by atoms with Crippen molar-refractivity contribution < 1.29 is 17.9 Å². The average Bonchev–Trinajstić information content (AvgIpc) is 2.60. The molecule has 1 rings (SSSR count). The first-order valence-electron chi connectivity index (χ1n) is 8.83. The molecule has 0 amide bonds. The van der Waals surface area contributed by atoms with Crippen LogP contribution in [0.25, 0.3) is 0 Å². The number of aliphatic imine (C=N–C) groups is 1. The summed E-state index contributed by atoms with van der Waals surface area (Å²) < 4.78 is 33.3. The van der Waals surface area contributed by atoms with Gasteiger partial charge in [0, 0.05) is 31.8 Å². The lowest BCUT2D eigenvalue weighted by Gasteiger charge is -2.17. The molecule has 0 spiro atoms. The second-order valence-corrected chi connectivity index (χ2v) is 8.36. The molecule has 0 saturated carbocycles. The Balaban J connectivity index is 0.00000676. The summed E-state index contributed by atoms with van der Waals surface area (Å²) in [6.45, 7) is 5.87. The molecule has 2 N–H and O–H groups in total. The van der Waals surface area contributed by atoms with Gasteiger partial charge in [0.2, 0.25) is 0 Å². The summed E-state index contributed by atoms with van der Waals surface area (Å²) in [6, 6.07) is 7.49. The van der Waals surface area contributed by atoms with Gasteiger partial charge in [0.15, 0.2) is 5.96 Å². The van der Waals surface area contributed by atoms with E-state index >= 15 is 0 Å². The van der Waals surface area contributed by atoms with Crippen LogP contribution in [0.1, 0.15) is 26.7 Å². The minimum atomic E-state index is -2.95. The summed E-state index contributed by atoms with van der Waals surface area (Å²) in [7, 11) is -1.32. The van der Waals surface area contributed by atoms with Gasteiger partial charge in [0.25, 0.3) is 0 Å². The molecular weight excluding hydrogens is 481 g/mol. The molecule has 27 heavy (non-hydrogen) atoms. The summed E-state index contributed by atoms with van der Waals surface area (Å²) in [4.78, 5) is 4.50. The van der Waals surface area contributed by atoms with Gasteiger partial charge >= 0.3 is 0 Å². The Bertz CT molecular complexity index is 651. The molecule has 7 nitrogen and oxygen atoms in total. The fraction of sp³-hybridized carbons (Fsp3) is 0.611. The van der Waals surface area contributed by atoms with Crippen LogP contribution >= 0.6 is 24.0 Å². The zero-order valence-corrected chi connectivity index (χ0v) is 19.7. The Morgan fingerprint density at radius 3 is 2.41 bits per heavy atom. The van der Waals surface area contributed by atoms with Crippen molar-refractivity contribution in [2.75, 3.05) is 38.8 Å². The van der Waals surface area contributed by atoms with Crippen LogP contribution in [-0.2, 0) is 9.84 Å². The molecule has 0 aliphatic heterocycles. The standard InChI is InChI=1S/C18H31N3O4S.HI/c1-5-19-18(21-15(2)11-14-26(4,22)23)20-12-6-13-25-17-9-7-16(24-3)8-10-17;/h7-10,15H,5-6,11-14H2,1-4H3,(H2,19,20,21);1H. The Labute approximate surface area is 180 Å². The molecule has 0 aromatic heterocycles. The fourth-order valence-corrected chi connectivity index (χ4v) is 2.92. The molecule has 0 bridgehead atoms. The van der Waals surface area contributed by atoms with Crippen molar-refractivity contribution in [3.63, 3.8) is 0 Å². The molecule has 0 radical (unpaired) electrons. The lowest BCUT2D eigenvalue weighted by Crippen LogP contribution is -2.43.